The quantitative estimate of drug-likeness (QED) is 0.180. The Kier molecular flexibility index (Phi) is 8.90. The monoisotopic (exact) mass is 416 g/mol. The summed E-state index contributed by atoms with van der Waals surface area (Å²) in [6, 6.07) is 0. The summed E-state index contributed by atoms with van der Waals surface area (Å²) >= 11 is 0. The van der Waals surface area contributed by atoms with Crippen molar-refractivity contribution >= 4 is 0 Å². The number of aliphatic hydroxyl groups is 9. The summed E-state index contributed by atoms with van der Waals surface area (Å²) in [4.78, 5) is 0. The highest BCUT2D eigenvalue weighted by Gasteiger charge is 2.46. The van der Waals surface area contributed by atoms with Crippen LogP contribution in [0.15, 0.2) is 0 Å². The van der Waals surface area contributed by atoms with Gasteiger partial charge in [0.05, 0.1) is 26.4 Å². The van der Waals surface area contributed by atoms with Gasteiger partial charge >= 0.3 is 0 Å². The van der Waals surface area contributed by atoms with Crippen LogP contribution in [0.2, 0.25) is 0 Å². The fraction of sp³-hybridized carbons (Fsp3) is 1.00. The summed E-state index contributed by atoms with van der Waals surface area (Å²) in [5.41, 5.74) is 0. The van der Waals surface area contributed by atoms with E-state index in [4.69, 9.17) is 24.1 Å². The predicted octanol–water partition coefficient (Wildman–Crippen LogP) is -6.02. The van der Waals surface area contributed by atoms with Crippen LogP contribution >= 0.6 is 0 Å². The molecule has 0 spiro atoms. The zero-order valence-electron chi connectivity index (χ0n) is 14.8. The van der Waals surface area contributed by atoms with Crippen LogP contribution in [0.3, 0.4) is 0 Å². The molecule has 11 atom stereocenters. The van der Waals surface area contributed by atoms with Crippen LogP contribution in [0.4, 0.5) is 0 Å². The van der Waals surface area contributed by atoms with Gasteiger partial charge in [-0.3, -0.25) is 0 Å². The first-order chi connectivity index (χ1) is 13.2. The third-order valence-electron chi connectivity index (χ3n) is 4.65. The molecule has 28 heavy (non-hydrogen) atoms. The van der Waals surface area contributed by atoms with Crippen molar-refractivity contribution in [2.24, 2.45) is 0 Å². The lowest BCUT2D eigenvalue weighted by Gasteiger charge is -2.42. The highest BCUT2D eigenvalue weighted by Crippen LogP contribution is 2.25. The third kappa shape index (κ3) is 5.34. The summed E-state index contributed by atoms with van der Waals surface area (Å²) in [5, 5.41) is 86.7. The average Bonchev–Trinajstić information content (AvgIpc) is 2.69. The largest absolute Gasteiger partial charge is 0.394 e. The molecule has 0 amide bonds. The maximum atomic E-state index is 10.2. The van der Waals surface area contributed by atoms with Crippen molar-refractivity contribution < 1.29 is 64.9 Å². The molecule has 0 aliphatic carbocycles. The van der Waals surface area contributed by atoms with Crippen molar-refractivity contribution in [2.75, 3.05) is 26.4 Å². The van der Waals surface area contributed by atoms with Crippen LogP contribution in [0.1, 0.15) is 0 Å². The molecule has 2 rings (SSSR count). The Morgan fingerprint density at radius 3 is 2.00 bits per heavy atom. The van der Waals surface area contributed by atoms with Crippen molar-refractivity contribution in [3.63, 3.8) is 0 Å². The van der Waals surface area contributed by atoms with E-state index in [1.165, 1.54) is 0 Å². The minimum Gasteiger partial charge on any atom is -0.394 e. The highest BCUT2D eigenvalue weighted by atomic mass is 16.7. The Labute approximate surface area is 159 Å². The summed E-state index contributed by atoms with van der Waals surface area (Å²) in [7, 11) is 0. The lowest BCUT2D eigenvalue weighted by Crippen LogP contribution is -2.60. The number of ether oxygens (including phenoxy) is 4. The molecule has 166 valence electrons. The Morgan fingerprint density at radius 2 is 1.39 bits per heavy atom. The third-order valence-corrected chi connectivity index (χ3v) is 4.65. The zero-order chi connectivity index (χ0) is 21.0. The van der Waals surface area contributed by atoms with Gasteiger partial charge in [-0.05, 0) is 0 Å². The van der Waals surface area contributed by atoms with E-state index >= 15 is 0 Å². The number of hydrogen-bond donors (Lipinski definition) is 9. The smallest absolute Gasteiger partial charge is 0.186 e. The van der Waals surface area contributed by atoms with Crippen molar-refractivity contribution in [3.05, 3.63) is 0 Å². The molecule has 2 aliphatic heterocycles. The summed E-state index contributed by atoms with van der Waals surface area (Å²) in [6.07, 6.45) is -16.5. The lowest BCUT2D eigenvalue weighted by atomic mass is 10.0. The van der Waals surface area contributed by atoms with Crippen LogP contribution in [0.25, 0.3) is 0 Å². The minimum absolute atomic E-state index is 0.315. The molecule has 0 aromatic rings. The van der Waals surface area contributed by atoms with E-state index in [2.05, 4.69) is 0 Å². The van der Waals surface area contributed by atoms with E-state index in [1.54, 1.807) is 0 Å². The molecule has 2 aliphatic rings. The highest BCUT2D eigenvalue weighted by molar-refractivity contribution is 4.88. The Morgan fingerprint density at radius 1 is 0.786 bits per heavy atom. The van der Waals surface area contributed by atoms with Gasteiger partial charge in [0.15, 0.2) is 12.6 Å². The zero-order valence-corrected chi connectivity index (χ0v) is 14.8. The van der Waals surface area contributed by atoms with Gasteiger partial charge in [-0.1, -0.05) is 0 Å². The topological polar surface area (TPSA) is 219 Å². The summed E-state index contributed by atoms with van der Waals surface area (Å²) in [5.74, 6) is 0. The standard InChI is InChI=1S/C15H28O13/c16-1-5(18)9(20)7(2-17)27-15-13(24)11(22)8(4-26-15)28-14-12(23)10(21)6(19)3-25-14/h5-24H,1-4H2/t5-,6+,7+,8+,9+,10-,11-,12+,13+,14-,15-/m0/s1. The lowest BCUT2D eigenvalue weighted by molar-refractivity contribution is -0.337. The number of aliphatic hydroxyl groups excluding tert-OH is 9. The van der Waals surface area contributed by atoms with Gasteiger partial charge in [-0.15, -0.1) is 0 Å². The fourth-order valence-electron chi connectivity index (χ4n) is 2.84. The minimum atomic E-state index is -1.71. The Balaban J connectivity index is 1.93. The van der Waals surface area contributed by atoms with E-state index in [0.717, 1.165) is 0 Å². The molecule has 2 fully saturated rings. The second-order valence-corrected chi connectivity index (χ2v) is 6.71. The van der Waals surface area contributed by atoms with Crippen LogP contribution in [0, 0.1) is 0 Å². The summed E-state index contributed by atoms with van der Waals surface area (Å²) in [6.45, 7) is -2.24. The van der Waals surface area contributed by atoms with Crippen molar-refractivity contribution in [3.8, 4) is 0 Å². The molecule has 0 bridgehead atoms. The molecule has 0 aromatic carbocycles. The molecule has 0 aromatic heterocycles. The van der Waals surface area contributed by atoms with Gasteiger partial charge in [0.2, 0.25) is 0 Å². The van der Waals surface area contributed by atoms with Gasteiger partial charge in [-0.2, -0.15) is 0 Å². The maximum absolute atomic E-state index is 10.2. The maximum Gasteiger partial charge on any atom is 0.186 e. The molecule has 0 radical (unpaired) electrons. The summed E-state index contributed by atoms with van der Waals surface area (Å²) < 4.78 is 20.8. The number of hydrogen-bond acceptors (Lipinski definition) is 13. The van der Waals surface area contributed by atoms with Crippen molar-refractivity contribution in [1.29, 1.82) is 0 Å². The molecule has 0 saturated carbocycles. The van der Waals surface area contributed by atoms with E-state index in [1.807, 2.05) is 0 Å². The number of rotatable bonds is 8. The normalized spacial score (nSPS) is 42.8. The molecule has 13 heteroatoms. The van der Waals surface area contributed by atoms with E-state index in [-0.39, 0.29) is 13.2 Å². The van der Waals surface area contributed by atoms with Gasteiger partial charge < -0.3 is 64.9 Å². The average molecular weight is 416 g/mol. The second-order valence-electron chi connectivity index (χ2n) is 6.71. The Hall–Kier alpha value is -0.520. The van der Waals surface area contributed by atoms with Crippen molar-refractivity contribution in [2.45, 2.75) is 67.5 Å². The molecule has 13 nitrogen and oxygen atoms in total. The first kappa shape index (κ1) is 23.8. The van der Waals surface area contributed by atoms with Crippen LogP contribution in [0.5, 0.6) is 0 Å². The van der Waals surface area contributed by atoms with Gasteiger partial charge in [0.25, 0.3) is 0 Å². The molecular weight excluding hydrogens is 388 g/mol. The van der Waals surface area contributed by atoms with E-state index in [9.17, 15) is 40.9 Å². The van der Waals surface area contributed by atoms with Gasteiger partial charge in [0.1, 0.15) is 54.9 Å². The molecule has 0 unspecified atom stereocenters. The van der Waals surface area contributed by atoms with Crippen LogP contribution < -0.4 is 0 Å². The van der Waals surface area contributed by atoms with Gasteiger partial charge in [0, 0.05) is 0 Å². The molecule has 2 heterocycles. The molecular formula is C15H28O13. The Bertz CT molecular complexity index is 447. The second kappa shape index (κ2) is 10.5. The van der Waals surface area contributed by atoms with E-state index in [0.29, 0.717) is 0 Å². The van der Waals surface area contributed by atoms with Crippen LogP contribution in [-0.4, -0.2) is 140 Å². The SMILES string of the molecule is OC[C@H](O)[C@@H](O)[C@@H](CO)O[C@@H]1OC[C@@H](O[C@@H]2OC[C@@H](O)[C@H](O)[C@H]2O)[C@H](O)[C@H]1O. The fourth-order valence-corrected chi connectivity index (χ4v) is 2.84. The predicted molar refractivity (Wildman–Crippen MR) is 85.4 cm³/mol. The van der Waals surface area contributed by atoms with E-state index < -0.39 is 80.7 Å². The first-order valence-electron chi connectivity index (χ1n) is 8.73. The molecule has 2 saturated heterocycles. The molecule has 9 N–H and O–H groups in total. The van der Waals surface area contributed by atoms with Crippen molar-refractivity contribution in [1.82, 2.24) is 0 Å². The van der Waals surface area contributed by atoms with Crippen LogP contribution in [-0.2, 0) is 18.9 Å². The first-order valence-corrected chi connectivity index (χ1v) is 8.73. The van der Waals surface area contributed by atoms with Gasteiger partial charge in [-0.25, -0.2) is 0 Å².